The Morgan fingerprint density at radius 3 is 0.933 bits per heavy atom. The smallest absolute Gasteiger partial charge is 0.249 e. The highest BCUT2D eigenvalue weighted by molar-refractivity contribution is 5.79. The maximum atomic E-state index is 10.3. The van der Waals surface area contributed by atoms with Crippen molar-refractivity contribution in [2.24, 2.45) is 22.9 Å². The van der Waals surface area contributed by atoms with Gasteiger partial charge < -0.3 is 74.0 Å². The molecule has 30 heavy (non-hydrogen) atoms. The molecule has 18 N–H and O–H groups in total. The quantitative estimate of drug-likeness (QED) is 0.139. The summed E-state index contributed by atoms with van der Waals surface area (Å²) in [5.74, 6) is -2.45. The third-order valence-electron chi connectivity index (χ3n) is 3.26. The van der Waals surface area contributed by atoms with E-state index in [1.165, 1.54) is 0 Å². The molecule has 16 heteroatoms. The van der Waals surface area contributed by atoms with Crippen LogP contribution < -0.4 is 22.9 Å². The first-order chi connectivity index (χ1) is 13.7. The third kappa shape index (κ3) is 13.6. The van der Waals surface area contributed by atoms with Gasteiger partial charge in [-0.1, -0.05) is 0 Å². The predicted molar refractivity (Wildman–Crippen MR) is 98.7 cm³/mol. The summed E-state index contributed by atoms with van der Waals surface area (Å²) in [4.78, 5) is 20.6. The average molecular weight is 450 g/mol. The average Bonchev–Trinajstić information content (AvgIpc) is 2.74. The van der Waals surface area contributed by atoms with Gasteiger partial charge in [-0.3, -0.25) is 9.59 Å². The van der Waals surface area contributed by atoms with Crippen LogP contribution in [0.5, 0.6) is 0 Å². The number of hydrogen-bond donors (Lipinski definition) is 14. The maximum Gasteiger partial charge on any atom is 0.249 e. The van der Waals surface area contributed by atoms with E-state index in [4.69, 9.17) is 62.5 Å². The molecule has 0 aromatic heterocycles. The molecule has 8 atom stereocenters. The topological polar surface area (TPSA) is 341 Å². The van der Waals surface area contributed by atoms with Crippen molar-refractivity contribution in [3.63, 3.8) is 0 Å². The van der Waals surface area contributed by atoms with Gasteiger partial charge in [0.25, 0.3) is 0 Å². The van der Waals surface area contributed by atoms with Crippen LogP contribution in [0, 0.1) is 0 Å². The monoisotopic (exact) mass is 450 g/mol. The van der Waals surface area contributed by atoms with Crippen molar-refractivity contribution in [3.8, 4) is 0 Å². The van der Waals surface area contributed by atoms with Gasteiger partial charge >= 0.3 is 0 Å². The molecule has 0 bridgehead atoms. The van der Waals surface area contributed by atoms with E-state index in [2.05, 4.69) is 11.5 Å². The molecule has 2 amide bonds. The second kappa shape index (κ2) is 18.2. The third-order valence-corrected chi connectivity index (χ3v) is 3.26. The number of amides is 2. The van der Waals surface area contributed by atoms with E-state index in [-0.39, 0.29) is 0 Å². The highest BCUT2D eigenvalue weighted by Crippen LogP contribution is 2.05. The number of carbonyl (C=O) groups is 2. The van der Waals surface area contributed by atoms with Crippen LogP contribution in [0.25, 0.3) is 0 Å². The molecule has 0 aliphatic rings. The minimum atomic E-state index is -1.98. The maximum absolute atomic E-state index is 10.3. The lowest BCUT2D eigenvalue weighted by Gasteiger charge is -2.23. The minimum absolute atomic E-state index is 0.597. The minimum Gasteiger partial charge on any atom is -0.394 e. The number of aliphatic hydroxyl groups excluding tert-OH is 10. The Bertz CT molecular complexity index is 421. The van der Waals surface area contributed by atoms with Gasteiger partial charge in [-0.05, 0) is 0 Å². The number of nitrogens with two attached hydrogens (primary N) is 4. The van der Waals surface area contributed by atoms with Gasteiger partial charge in [-0.15, -0.1) is 0 Å². The number of carbonyl (C=O) groups excluding carboxylic acids is 2. The van der Waals surface area contributed by atoms with Crippen molar-refractivity contribution in [2.45, 2.75) is 48.8 Å². The molecule has 0 fully saturated rings. The summed E-state index contributed by atoms with van der Waals surface area (Å²) >= 11 is 0. The van der Waals surface area contributed by atoms with Gasteiger partial charge in [0.15, 0.2) is 12.2 Å². The fourth-order valence-corrected chi connectivity index (χ4v) is 1.38. The van der Waals surface area contributed by atoms with Crippen molar-refractivity contribution in [1.29, 1.82) is 0 Å². The Labute approximate surface area is 171 Å². The first-order valence-corrected chi connectivity index (χ1v) is 8.39. The molecule has 0 aliphatic heterocycles. The van der Waals surface area contributed by atoms with E-state index in [1.807, 2.05) is 0 Å². The Morgan fingerprint density at radius 1 is 0.567 bits per heavy atom. The molecular weight excluding hydrogens is 416 g/mol. The lowest BCUT2D eigenvalue weighted by atomic mass is 10.0. The summed E-state index contributed by atoms with van der Waals surface area (Å²) in [5.41, 5.74) is 19.0. The molecule has 0 unspecified atom stereocenters. The van der Waals surface area contributed by atoms with Crippen LogP contribution in [-0.2, 0) is 9.59 Å². The number of rotatable bonds is 11. The van der Waals surface area contributed by atoms with Gasteiger partial charge in [-0.25, -0.2) is 0 Å². The molecule has 0 saturated carbocycles. The lowest BCUT2D eigenvalue weighted by molar-refractivity contribution is -0.146. The van der Waals surface area contributed by atoms with Gasteiger partial charge in [0.1, 0.15) is 36.6 Å². The van der Waals surface area contributed by atoms with Crippen LogP contribution in [0.4, 0.5) is 0 Å². The number of primary amides is 2. The molecular formula is C14H34N4O12. The number of aliphatic hydroxyl groups is 10. The van der Waals surface area contributed by atoms with E-state index < -0.39 is 73.9 Å². The first kappa shape index (κ1) is 33.1. The predicted octanol–water partition coefficient (Wildman–Crippen LogP) is -9.28. The SMILES string of the molecule is NC(=O)[C@H](O)[C@@H](O)[C@H](O)[C@H](O)CO.NC(=O)[C@H](O)[C@@H](O)[C@H](O)[C@H](O)CO.NCCN. The van der Waals surface area contributed by atoms with Crippen molar-refractivity contribution < 1.29 is 60.7 Å². The second-order valence-electron chi connectivity index (χ2n) is 5.73. The molecule has 0 aliphatic carbocycles. The van der Waals surface area contributed by atoms with Crippen molar-refractivity contribution in [2.75, 3.05) is 26.3 Å². The van der Waals surface area contributed by atoms with Crippen LogP contribution in [0.2, 0.25) is 0 Å². The highest BCUT2D eigenvalue weighted by atomic mass is 16.4. The molecule has 0 aromatic rings. The molecule has 0 spiro atoms. The molecule has 16 nitrogen and oxygen atoms in total. The summed E-state index contributed by atoms with van der Waals surface area (Å²) in [5, 5.41) is 87.9. The van der Waals surface area contributed by atoms with E-state index in [0.717, 1.165) is 0 Å². The van der Waals surface area contributed by atoms with E-state index in [0.29, 0.717) is 13.1 Å². The lowest BCUT2D eigenvalue weighted by Crippen LogP contribution is -2.50. The first-order valence-electron chi connectivity index (χ1n) is 8.39. The largest absolute Gasteiger partial charge is 0.394 e. The van der Waals surface area contributed by atoms with Crippen LogP contribution >= 0.6 is 0 Å². The zero-order valence-electron chi connectivity index (χ0n) is 16.0. The standard InChI is InChI=1S/2C6H13NO6.C2H8N2/c2*7-6(13)5(12)4(11)3(10)2(9)1-8;3-1-2-4/h2*2-5,8-12H,1H2,(H2,7,13);1-4H2/t2*2-,3-,4+,5-;/m11./s1. The fraction of sp³-hybridized carbons (Fsp3) is 0.857. The summed E-state index contributed by atoms with van der Waals surface area (Å²) in [7, 11) is 0. The Balaban J connectivity index is -0.000000412. The number of hydrogen-bond acceptors (Lipinski definition) is 14. The van der Waals surface area contributed by atoms with Crippen LogP contribution in [0.15, 0.2) is 0 Å². The van der Waals surface area contributed by atoms with E-state index >= 15 is 0 Å². The van der Waals surface area contributed by atoms with Gasteiger partial charge in [0.05, 0.1) is 13.2 Å². The molecule has 0 radical (unpaired) electrons. The Morgan fingerprint density at radius 2 is 0.800 bits per heavy atom. The summed E-state index contributed by atoms with van der Waals surface area (Å²) in [6.07, 6.45) is -14.7. The van der Waals surface area contributed by atoms with Crippen LogP contribution in [0.1, 0.15) is 0 Å². The zero-order valence-corrected chi connectivity index (χ0v) is 16.0. The summed E-state index contributed by atoms with van der Waals surface area (Å²) in [6, 6.07) is 0. The van der Waals surface area contributed by atoms with Gasteiger partial charge in [-0.2, -0.15) is 0 Å². The van der Waals surface area contributed by atoms with Crippen LogP contribution in [-0.4, -0.2) is 138 Å². The highest BCUT2D eigenvalue weighted by Gasteiger charge is 2.33. The normalized spacial score (nSPS) is 18.7. The summed E-state index contributed by atoms with van der Waals surface area (Å²) in [6.45, 7) is -0.409. The van der Waals surface area contributed by atoms with Crippen LogP contribution in [0.3, 0.4) is 0 Å². The fourth-order valence-electron chi connectivity index (χ4n) is 1.38. The molecule has 0 aromatic carbocycles. The van der Waals surface area contributed by atoms with E-state index in [1.54, 1.807) is 0 Å². The van der Waals surface area contributed by atoms with Gasteiger partial charge in [0, 0.05) is 13.1 Å². The molecule has 0 rings (SSSR count). The Kier molecular flexibility index (Phi) is 20.1. The van der Waals surface area contributed by atoms with E-state index in [9.17, 15) is 9.59 Å². The molecule has 182 valence electrons. The second-order valence-corrected chi connectivity index (χ2v) is 5.73. The zero-order chi connectivity index (χ0) is 24.6. The van der Waals surface area contributed by atoms with Crippen molar-refractivity contribution in [3.05, 3.63) is 0 Å². The molecule has 0 heterocycles. The van der Waals surface area contributed by atoms with Crippen molar-refractivity contribution >= 4 is 11.8 Å². The Hall–Kier alpha value is -1.54. The molecule has 0 saturated heterocycles. The van der Waals surface area contributed by atoms with Gasteiger partial charge in [0.2, 0.25) is 11.8 Å². The van der Waals surface area contributed by atoms with Crippen molar-refractivity contribution in [1.82, 2.24) is 0 Å². The summed E-state index contributed by atoms with van der Waals surface area (Å²) < 4.78 is 0.